The largest absolute Gasteiger partial charge is 0.356 e. The first-order chi connectivity index (χ1) is 9.62. The van der Waals surface area contributed by atoms with Gasteiger partial charge in [-0.2, -0.15) is 5.10 Å². The molecule has 7 heteroatoms. The summed E-state index contributed by atoms with van der Waals surface area (Å²) in [6.07, 6.45) is 1.74. The lowest BCUT2D eigenvalue weighted by Crippen LogP contribution is -2.43. The fraction of sp³-hybridized carbons (Fsp3) is 0.429. The van der Waals surface area contributed by atoms with E-state index in [0.29, 0.717) is 6.54 Å². The van der Waals surface area contributed by atoms with Crippen LogP contribution in [0.2, 0.25) is 0 Å². The van der Waals surface area contributed by atoms with Crippen molar-refractivity contribution < 1.29 is 0 Å². The number of hydrogen-bond donors (Lipinski definition) is 3. The average molecular weight is 419 g/mol. The molecule has 0 saturated heterocycles. The molecule has 0 aliphatic carbocycles. The van der Waals surface area contributed by atoms with Crippen LogP contribution in [0.3, 0.4) is 0 Å². The Bertz CT molecular complexity index is 534. The number of H-pyrrole nitrogens is 1. The first kappa shape index (κ1) is 18.0. The summed E-state index contributed by atoms with van der Waals surface area (Å²) < 4.78 is 0. The summed E-state index contributed by atoms with van der Waals surface area (Å²) in [6.45, 7) is 5.97. The van der Waals surface area contributed by atoms with Crippen LogP contribution >= 0.6 is 35.3 Å². The molecular weight excluding hydrogens is 397 g/mol. The van der Waals surface area contributed by atoms with E-state index in [1.165, 1.54) is 4.88 Å². The number of halogens is 1. The molecule has 2 aromatic heterocycles. The predicted octanol–water partition coefficient (Wildman–Crippen LogP) is 2.73. The van der Waals surface area contributed by atoms with Gasteiger partial charge in [0.1, 0.15) is 0 Å². The Morgan fingerprint density at radius 2 is 2.19 bits per heavy atom. The van der Waals surface area contributed by atoms with Crippen molar-refractivity contribution in [3.8, 4) is 0 Å². The molecule has 0 spiro atoms. The number of nitrogens with one attached hydrogen (secondary N) is 3. The van der Waals surface area contributed by atoms with Gasteiger partial charge < -0.3 is 10.6 Å². The SMILES string of the molecule is CN=C(NCc1ccn[nH]1)NCC(C)(C)c1cccs1.I. The molecule has 0 aliphatic heterocycles. The molecule has 0 atom stereocenters. The van der Waals surface area contributed by atoms with Crippen molar-refractivity contribution in [2.75, 3.05) is 13.6 Å². The highest BCUT2D eigenvalue weighted by atomic mass is 127. The van der Waals surface area contributed by atoms with Gasteiger partial charge in [-0.25, -0.2) is 0 Å². The Morgan fingerprint density at radius 3 is 2.76 bits per heavy atom. The molecule has 5 nitrogen and oxygen atoms in total. The van der Waals surface area contributed by atoms with Crippen LogP contribution in [0.5, 0.6) is 0 Å². The van der Waals surface area contributed by atoms with Crippen LogP contribution in [0, 0.1) is 0 Å². The number of aliphatic imine (C=N–C) groups is 1. The number of thiophene rings is 1. The van der Waals surface area contributed by atoms with Gasteiger partial charge in [0, 0.05) is 30.1 Å². The van der Waals surface area contributed by atoms with Gasteiger partial charge in [-0.3, -0.25) is 10.1 Å². The van der Waals surface area contributed by atoms with Crippen LogP contribution in [0.4, 0.5) is 0 Å². The highest BCUT2D eigenvalue weighted by molar-refractivity contribution is 14.0. The molecule has 0 fully saturated rings. The van der Waals surface area contributed by atoms with Crippen LogP contribution in [0.1, 0.15) is 24.4 Å². The molecule has 2 heterocycles. The maximum absolute atomic E-state index is 4.24. The fourth-order valence-electron chi connectivity index (χ4n) is 1.84. The summed E-state index contributed by atoms with van der Waals surface area (Å²) >= 11 is 1.79. The maximum Gasteiger partial charge on any atom is 0.191 e. The number of hydrogen-bond acceptors (Lipinski definition) is 3. The van der Waals surface area contributed by atoms with Crippen LogP contribution in [0.25, 0.3) is 0 Å². The van der Waals surface area contributed by atoms with E-state index >= 15 is 0 Å². The molecule has 0 saturated carbocycles. The van der Waals surface area contributed by atoms with Gasteiger partial charge in [-0.1, -0.05) is 19.9 Å². The number of aromatic amines is 1. The standard InChI is InChI=1S/C14H21N5S.HI/c1-14(2,12-5-4-8-20-12)10-17-13(15-3)16-9-11-6-7-18-19-11;/h4-8H,9-10H2,1-3H3,(H,18,19)(H2,15,16,17);1H. The van der Waals surface area contributed by atoms with E-state index in [2.05, 4.69) is 57.2 Å². The smallest absolute Gasteiger partial charge is 0.191 e. The lowest BCUT2D eigenvalue weighted by molar-refractivity contribution is 0.518. The quantitative estimate of drug-likeness (QED) is 0.397. The minimum atomic E-state index is 0. The highest BCUT2D eigenvalue weighted by Crippen LogP contribution is 2.26. The molecule has 0 amide bonds. The third-order valence-corrected chi connectivity index (χ3v) is 4.35. The Labute approximate surface area is 146 Å². The Hall–Kier alpha value is -1.09. The predicted molar refractivity (Wildman–Crippen MR) is 99.5 cm³/mol. The molecule has 2 aromatic rings. The van der Waals surface area contributed by atoms with Crippen molar-refractivity contribution in [3.63, 3.8) is 0 Å². The third-order valence-electron chi connectivity index (χ3n) is 3.11. The number of nitrogens with zero attached hydrogens (tertiary/aromatic N) is 2. The van der Waals surface area contributed by atoms with Crippen molar-refractivity contribution in [1.29, 1.82) is 0 Å². The van der Waals surface area contributed by atoms with Crippen molar-refractivity contribution in [3.05, 3.63) is 40.3 Å². The van der Waals surface area contributed by atoms with E-state index < -0.39 is 0 Å². The summed E-state index contributed by atoms with van der Waals surface area (Å²) in [5, 5.41) is 15.6. The molecule has 0 bridgehead atoms. The zero-order valence-electron chi connectivity index (χ0n) is 12.5. The summed E-state index contributed by atoms with van der Waals surface area (Å²) in [5.74, 6) is 0.796. The van der Waals surface area contributed by atoms with Gasteiger partial charge in [0.05, 0.1) is 12.2 Å². The van der Waals surface area contributed by atoms with Crippen molar-refractivity contribution in [1.82, 2.24) is 20.8 Å². The topological polar surface area (TPSA) is 65.1 Å². The normalized spacial score (nSPS) is 11.9. The lowest BCUT2D eigenvalue weighted by atomic mass is 9.91. The number of guanidine groups is 1. The van der Waals surface area contributed by atoms with E-state index in [0.717, 1.165) is 18.2 Å². The average Bonchev–Trinajstić information content (AvgIpc) is 3.12. The summed E-state index contributed by atoms with van der Waals surface area (Å²) in [6, 6.07) is 6.20. The molecule has 21 heavy (non-hydrogen) atoms. The third kappa shape index (κ3) is 5.31. The van der Waals surface area contributed by atoms with Gasteiger partial charge >= 0.3 is 0 Å². The van der Waals surface area contributed by atoms with E-state index in [-0.39, 0.29) is 29.4 Å². The van der Waals surface area contributed by atoms with Gasteiger partial charge in [-0.15, -0.1) is 35.3 Å². The number of aromatic nitrogens is 2. The first-order valence-electron chi connectivity index (χ1n) is 6.58. The molecule has 0 aromatic carbocycles. The van der Waals surface area contributed by atoms with Gasteiger partial charge in [0.25, 0.3) is 0 Å². The minimum Gasteiger partial charge on any atom is -0.356 e. The van der Waals surface area contributed by atoms with Crippen LogP contribution in [-0.2, 0) is 12.0 Å². The molecule has 0 unspecified atom stereocenters. The second kappa shape index (κ2) is 8.38. The fourth-order valence-corrected chi connectivity index (χ4v) is 2.69. The summed E-state index contributed by atoms with van der Waals surface area (Å²) in [7, 11) is 1.78. The summed E-state index contributed by atoms with van der Waals surface area (Å²) in [5.41, 5.74) is 1.12. The molecule has 3 N–H and O–H groups in total. The van der Waals surface area contributed by atoms with E-state index in [1.807, 2.05) is 6.07 Å². The summed E-state index contributed by atoms with van der Waals surface area (Å²) in [4.78, 5) is 5.60. The van der Waals surface area contributed by atoms with E-state index in [9.17, 15) is 0 Å². The van der Waals surface area contributed by atoms with Gasteiger partial charge in [-0.05, 0) is 17.5 Å². The molecule has 0 radical (unpaired) electrons. The van der Waals surface area contributed by atoms with Crippen LogP contribution in [0.15, 0.2) is 34.8 Å². The van der Waals surface area contributed by atoms with E-state index in [4.69, 9.17) is 0 Å². The van der Waals surface area contributed by atoms with Crippen molar-refractivity contribution >= 4 is 41.3 Å². The minimum absolute atomic E-state index is 0. The van der Waals surface area contributed by atoms with Crippen LogP contribution < -0.4 is 10.6 Å². The first-order valence-corrected chi connectivity index (χ1v) is 7.46. The number of rotatable bonds is 5. The van der Waals surface area contributed by atoms with Crippen molar-refractivity contribution in [2.45, 2.75) is 25.8 Å². The highest BCUT2D eigenvalue weighted by Gasteiger charge is 2.21. The second-order valence-electron chi connectivity index (χ2n) is 5.22. The Morgan fingerprint density at radius 1 is 1.38 bits per heavy atom. The molecule has 0 aliphatic rings. The van der Waals surface area contributed by atoms with Gasteiger partial charge in [0.15, 0.2) is 5.96 Å². The zero-order valence-corrected chi connectivity index (χ0v) is 15.7. The Kier molecular flexibility index (Phi) is 7.16. The maximum atomic E-state index is 4.24. The molecule has 116 valence electrons. The Balaban J connectivity index is 0.00000220. The monoisotopic (exact) mass is 419 g/mol. The second-order valence-corrected chi connectivity index (χ2v) is 6.17. The van der Waals surface area contributed by atoms with Gasteiger partial charge in [0.2, 0.25) is 0 Å². The lowest BCUT2D eigenvalue weighted by Gasteiger charge is -2.25. The zero-order chi connectivity index (χ0) is 14.4. The molecular formula is C14H22IN5S. The molecule has 2 rings (SSSR count). The van der Waals surface area contributed by atoms with E-state index in [1.54, 1.807) is 24.6 Å². The van der Waals surface area contributed by atoms with Crippen LogP contribution in [-0.4, -0.2) is 29.7 Å². The van der Waals surface area contributed by atoms with Crippen molar-refractivity contribution in [2.24, 2.45) is 4.99 Å².